The minimum absolute atomic E-state index is 0.0324. The first kappa shape index (κ1) is 17.7. The van der Waals surface area contributed by atoms with Crippen LogP contribution >= 0.6 is 0 Å². The molecular weight excluding hydrogens is 332 g/mol. The number of nitrogens with one attached hydrogen (secondary N) is 1. The summed E-state index contributed by atoms with van der Waals surface area (Å²) in [7, 11) is 0. The predicted molar refractivity (Wildman–Crippen MR) is 97.0 cm³/mol. The molecule has 1 N–H and O–H groups in total. The summed E-state index contributed by atoms with van der Waals surface area (Å²) in [5, 5.41) is 3.43. The summed E-state index contributed by atoms with van der Waals surface area (Å²) in [4.78, 5) is 23.8. The Hall–Kier alpha value is -1.73. The number of nitrogens with zero attached hydrogens (tertiary/aromatic N) is 3. The summed E-state index contributed by atoms with van der Waals surface area (Å²) >= 11 is 0. The average Bonchev–Trinajstić information content (AvgIpc) is 3.10. The lowest BCUT2D eigenvalue weighted by atomic mass is 9.96. The SMILES string of the molecule is Cc1cc(C(=O)N2CCC3(CC2)OCCO3)nc(NC2CCCCC2)n1. The van der Waals surface area contributed by atoms with Crippen LogP contribution in [0.4, 0.5) is 5.95 Å². The van der Waals surface area contributed by atoms with Gasteiger partial charge in [0.15, 0.2) is 5.79 Å². The van der Waals surface area contributed by atoms with Crippen LogP contribution in [-0.4, -0.2) is 58.9 Å². The van der Waals surface area contributed by atoms with E-state index >= 15 is 0 Å². The molecule has 3 heterocycles. The fourth-order valence-electron chi connectivity index (χ4n) is 4.17. The van der Waals surface area contributed by atoms with E-state index in [-0.39, 0.29) is 5.91 Å². The van der Waals surface area contributed by atoms with Crippen LogP contribution < -0.4 is 5.32 Å². The molecule has 7 nitrogen and oxygen atoms in total. The van der Waals surface area contributed by atoms with E-state index in [1.165, 1.54) is 19.3 Å². The largest absolute Gasteiger partial charge is 0.351 e. The lowest BCUT2D eigenvalue weighted by Crippen LogP contribution is -2.47. The monoisotopic (exact) mass is 360 g/mol. The van der Waals surface area contributed by atoms with Crippen molar-refractivity contribution in [2.45, 2.75) is 63.7 Å². The van der Waals surface area contributed by atoms with Crippen molar-refractivity contribution in [3.8, 4) is 0 Å². The number of carbonyl (C=O) groups is 1. The molecule has 4 rings (SSSR count). The molecule has 1 aromatic heterocycles. The van der Waals surface area contributed by atoms with E-state index in [2.05, 4.69) is 15.3 Å². The van der Waals surface area contributed by atoms with E-state index in [1.54, 1.807) is 6.07 Å². The van der Waals surface area contributed by atoms with Crippen molar-refractivity contribution in [3.63, 3.8) is 0 Å². The van der Waals surface area contributed by atoms with Crippen molar-refractivity contribution in [2.75, 3.05) is 31.6 Å². The van der Waals surface area contributed by atoms with Gasteiger partial charge in [0, 0.05) is 37.7 Å². The Morgan fingerprint density at radius 2 is 1.85 bits per heavy atom. The topological polar surface area (TPSA) is 76.6 Å². The lowest BCUT2D eigenvalue weighted by molar-refractivity contribution is -0.181. The predicted octanol–water partition coefficient (Wildman–Crippen LogP) is 2.51. The molecule has 1 aromatic rings. The summed E-state index contributed by atoms with van der Waals surface area (Å²) in [6.45, 7) is 4.47. The third kappa shape index (κ3) is 3.83. The van der Waals surface area contributed by atoms with Crippen molar-refractivity contribution in [2.24, 2.45) is 0 Å². The molecule has 3 aliphatic rings. The second kappa shape index (κ2) is 7.48. The Morgan fingerprint density at radius 1 is 1.15 bits per heavy atom. The maximum absolute atomic E-state index is 12.9. The van der Waals surface area contributed by atoms with Gasteiger partial charge in [-0.1, -0.05) is 19.3 Å². The van der Waals surface area contributed by atoms with Gasteiger partial charge < -0.3 is 19.7 Å². The van der Waals surface area contributed by atoms with Crippen LogP contribution in [0, 0.1) is 6.92 Å². The van der Waals surface area contributed by atoms with Gasteiger partial charge in [0.05, 0.1) is 13.2 Å². The number of piperidine rings is 1. The zero-order chi connectivity index (χ0) is 18.0. The molecule has 1 saturated carbocycles. The van der Waals surface area contributed by atoms with Crippen LogP contribution in [0.2, 0.25) is 0 Å². The highest BCUT2D eigenvalue weighted by Gasteiger charge is 2.41. The highest BCUT2D eigenvalue weighted by atomic mass is 16.7. The number of amides is 1. The number of anilines is 1. The Kier molecular flexibility index (Phi) is 5.09. The second-order valence-electron chi connectivity index (χ2n) is 7.60. The molecular formula is C19H28N4O3. The smallest absolute Gasteiger partial charge is 0.272 e. The number of likely N-dealkylation sites (tertiary alicyclic amines) is 1. The van der Waals surface area contributed by atoms with Crippen LogP contribution in [0.15, 0.2) is 6.07 Å². The molecule has 0 radical (unpaired) electrons. The van der Waals surface area contributed by atoms with Gasteiger partial charge in [0.1, 0.15) is 5.69 Å². The minimum atomic E-state index is -0.466. The molecule has 2 saturated heterocycles. The number of ether oxygens (including phenoxy) is 2. The Balaban J connectivity index is 1.42. The fraction of sp³-hybridized carbons (Fsp3) is 0.737. The highest BCUT2D eigenvalue weighted by Crippen LogP contribution is 2.31. The molecule has 0 unspecified atom stereocenters. The first-order valence-corrected chi connectivity index (χ1v) is 9.83. The Labute approximate surface area is 154 Å². The zero-order valence-electron chi connectivity index (χ0n) is 15.5. The fourth-order valence-corrected chi connectivity index (χ4v) is 4.17. The molecule has 2 aliphatic heterocycles. The average molecular weight is 360 g/mol. The van der Waals surface area contributed by atoms with Crippen molar-refractivity contribution in [3.05, 3.63) is 17.5 Å². The standard InChI is InChI=1S/C19H28N4O3/c1-14-13-16(22-18(20-14)21-15-5-3-2-4-6-15)17(24)23-9-7-19(8-10-23)25-11-12-26-19/h13,15H,2-12H2,1H3,(H,20,21,22). The Morgan fingerprint density at radius 3 is 2.54 bits per heavy atom. The van der Waals surface area contributed by atoms with Crippen LogP contribution in [0.3, 0.4) is 0 Å². The van der Waals surface area contributed by atoms with Crippen molar-refractivity contribution >= 4 is 11.9 Å². The third-order valence-electron chi connectivity index (χ3n) is 5.64. The molecule has 26 heavy (non-hydrogen) atoms. The van der Waals surface area contributed by atoms with Gasteiger partial charge in [-0.05, 0) is 25.8 Å². The van der Waals surface area contributed by atoms with E-state index < -0.39 is 5.79 Å². The van der Waals surface area contributed by atoms with Crippen LogP contribution in [-0.2, 0) is 9.47 Å². The maximum Gasteiger partial charge on any atom is 0.272 e. The second-order valence-corrected chi connectivity index (χ2v) is 7.60. The number of hydrogen-bond donors (Lipinski definition) is 1. The van der Waals surface area contributed by atoms with Crippen molar-refractivity contribution in [1.82, 2.24) is 14.9 Å². The van der Waals surface area contributed by atoms with Crippen molar-refractivity contribution in [1.29, 1.82) is 0 Å². The molecule has 0 atom stereocenters. The van der Waals surface area contributed by atoms with Crippen molar-refractivity contribution < 1.29 is 14.3 Å². The highest BCUT2D eigenvalue weighted by molar-refractivity contribution is 5.92. The van der Waals surface area contributed by atoms with Crippen LogP contribution in [0.1, 0.15) is 61.1 Å². The number of aromatic nitrogens is 2. The van der Waals surface area contributed by atoms with Gasteiger partial charge in [0.2, 0.25) is 5.95 Å². The first-order valence-electron chi connectivity index (χ1n) is 9.83. The Bertz CT molecular complexity index is 644. The summed E-state index contributed by atoms with van der Waals surface area (Å²) in [6.07, 6.45) is 7.53. The minimum Gasteiger partial charge on any atom is -0.351 e. The quantitative estimate of drug-likeness (QED) is 0.892. The summed E-state index contributed by atoms with van der Waals surface area (Å²) in [5.41, 5.74) is 1.29. The summed E-state index contributed by atoms with van der Waals surface area (Å²) in [6, 6.07) is 2.20. The molecule has 0 aromatic carbocycles. The normalized spacial score (nSPS) is 23.3. The van der Waals surface area contributed by atoms with E-state index in [1.807, 2.05) is 11.8 Å². The number of hydrogen-bond acceptors (Lipinski definition) is 6. The summed E-state index contributed by atoms with van der Waals surface area (Å²) < 4.78 is 11.5. The van der Waals surface area contributed by atoms with Gasteiger partial charge in [-0.2, -0.15) is 0 Å². The molecule has 3 fully saturated rings. The molecule has 0 bridgehead atoms. The van der Waals surface area contributed by atoms with Crippen LogP contribution in [0.25, 0.3) is 0 Å². The summed E-state index contributed by atoms with van der Waals surface area (Å²) in [5.74, 6) is 0.0812. The van der Waals surface area contributed by atoms with Gasteiger partial charge in [0.25, 0.3) is 5.91 Å². The van der Waals surface area contributed by atoms with Crippen LogP contribution in [0.5, 0.6) is 0 Å². The number of aryl methyl sites for hydroxylation is 1. The van der Waals surface area contributed by atoms with E-state index in [4.69, 9.17) is 9.47 Å². The number of carbonyl (C=O) groups excluding carboxylic acids is 1. The zero-order valence-corrected chi connectivity index (χ0v) is 15.5. The van der Waals surface area contributed by atoms with E-state index in [0.717, 1.165) is 31.4 Å². The number of rotatable bonds is 3. The molecule has 142 valence electrons. The molecule has 1 spiro atoms. The van der Waals surface area contributed by atoms with E-state index in [9.17, 15) is 4.79 Å². The molecule has 1 amide bonds. The molecule has 7 heteroatoms. The lowest BCUT2D eigenvalue weighted by Gasteiger charge is -2.37. The maximum atomic E-state index is 12.9. The molecule has 1 aliphatic carbocycles. The van der Waals surface area contributed by atoms with Gasteiger partial charge in [-0.15, -0.1) is 0 Å². The van der Waals surface area contributed by atoms with E-state index in [0.29, 0.717) is 44.0 Å². The van der Waals surface area contributed by atoms with Gasteiger partial charge in [-0.3, -0.25) is 4.79 Å². The third-order valence-corrected chi connectivity index (χ3v) is 5.64. The van der Waals surface area contributed by atoms with Gasteiger partial charge in [-0.25, -0.2) is 9.97 Å². The van der Waals surface area contributed by atoms with Gasteiger partial charge >= 0.3 is 0 Å². The first-order chi connectivity index (χ1) is 12.6.